The molecule has 26 heavy (non-hydrogen) atoms. The monoisotopic (exact) mass is 370 g/mol. The first-order chi connectivity index (χ1) is 12.4. The Hall–Kier alpha value is -2.51. The van der Waals surface area contributed by atoms with Gasteiger partial charge in [0.15, 0.2) is 0 Å². The van der Waals surface area contributed by atoms with Gasteiger partial charge in [0.1, 0.15) is 5.69 Å². The highest BCUT2D eigenvalue weighted by atomic mass is 32.2. The predicted octanol–water partition coefficient (Wildman–Crippen LogP) is 2.98. The van der Waals surface area contributed by atoms with Gasteiger partial charge in [-0.2, -0.15) is 5.10 Å². The Morgan fingerprint density at radius 2 is 1.69 bits per heavy atom. The highest BCUT2D eigenvalue weighted by molar-refractivity contribution is 7.90. The van der Waals surface area contributed by atoms with Crippen LogP contribution in [0.4, 0.5) is 0 Å². The molecule has 0 radical (unpaired) electrons. The second-order valence-corrected chi connectivity index (χ2v) is 8.73. The molecule has 0 aliphatic carbocycles. The largest absolute Gasteiger partial charge is 0.275 e. The van der Waals surface area contributed by atoms with Crippen LogP contribution in [0.2, 0.25) is 0 Å². The summed E-state index contributed by atoms with van der Waals surface area (Å²) >= 11 is 0. The van der Waals surface area contributed by atoms with Gasteiger partial charge in [-0.1, -0.05) is 24.3 Å². The molecule has 0 atom stereocenters. The van der Waals surface area contributed by atoms with E-state index in [1.807, 2.05) is 49.6 Å². The molecule has 2 aromatic heterocycles. The van der Waals surface area contributed by atoms with Gasteiger partial charge in [-0.05, 0) is 37.1 Å². The van der Waals surface area contributed by atoms with Crippen LogP contribution in [-0.2, 0) is 23.6 Å². The third-order valence-electron chi connectivity index (χ3n) is 4.15. The summed E-state index contributed by atoms with van der Waals surface area (Å²) in [6.45, 7) is 3.61. The van der Waals surface area contributed by atoms with Crippen molar-refractivity contribution in [1.82, 2.24) is 19.5 Å². The van der Waals surface area contributed by atoms with Crippen molar-refractivity contribution in [2.45, 2.75) is 25.6 Å². The van der Waals surface area contributed by atoms with E-state index in [-0.39, 0.29) is 6.54 Å². The zero-order valence-electron chi connectivity index (χ0n) is 15.0. The van der Waals surface area contributed by atoms with Gasteiger partial charge < -0.3 is 0 Å². The van der Waals surface area contributed by atoms with Gasteiger partial charge in [-0.25, -0.2) is 13.1 Å². The predicted molar refractivity (Wildman–Crippen MR) is 103 cm³/mol. The van der Waals surface area contributed by atoms with Crippen molar-refractivity contribution >= 4 is 10.0 Å². The number of nitrogens with one attached hydrogen (secondary N) is 1. The van der Waals surface area contributed by atoms with Crippen LogP contribution in [0, 0.1) is 0 Å². The lowest BCUT2D eigenvalue weighted by Gasteiger charge is -2.10. The molecular weight excluding hydrogens is 348 g/mol. The molecule has 1 N–H and O–H groups in total. The molecule has 0 fully saturated rings. The van der Waals surface area contributed by atoms with Crippen molar-refractivity contribution in [3.8, 4) is 22.4 Å². The minimum absolute atomic E-state index is 0.283. The SMILES string of the molecule is CC(C)S(=O)(=O)NCc1ccc(-c2cn(C)nc2-c2ccncc2)cc1. The van der Waals surface area contributed by atoms with Crippen LogP contribution in [0.1, 0.15) is 19.4 Å². The average molecular weight is 370 g/mol. The van der Waals surface area contributed by atoms with Gasteiger partial charge in [-0.15, -0.1) is 0 Å². The van der Waals surface area contributed by atoms with Gasteiger partial charge in [-0.3, -0.25) is 9.67 Å². The highest BCUT2D eigenvalue weighted by Crippen LogP contribution is 2.30. The summed E-state index contributed by atoms with van der Waals surface area (Å²) in [6.07, 6.45) is 5.47. The lowest BCUT2D eigenvalue weighted by Crippen LogP contribution is -2.30. The number of sulfonamides is 1. The van der Waals surface area contributed by atoms with E-state index in [4.69, 9.17) is 0 Å². The number of pyridine rings is 1. The topological polar surface area (TPSA) is 76.9 Å². The summed E-state index contributed by atoms with van der Waals surface area (Å²) in [6, 6.07) is 11.7. The molecule has 0 aliphatic rings. The first kappa shape index (κ1) is 18.3. The van der Waals surface area contributed by atoms with E-state index in [9.17, 15) is 8.42 Å². The van der Waals surface area contributed by atoms with E-state index < -0.39 is 15.3 Å². The van der Waals surface area contributed by atoms with E-state index in [2.05, 4.69) is 14.8 Å². The van der Waals surface area contributed by atoms with Crippen molar-refractivity contribution in [2.75, 3.05) is 0 Å². The molecule has 6 nitrogen and oxygen atoms in total. The first-order valence-electron chi connectivity index (χ1n) is 8.38. The van der Waals surface area contributed by atoms with Crippen molar-refractivity contribution in [2.24, 2.45) is 7.05 Å². The Bertz CT molecular complexity index is 978. The molecule has 0 bridgehead atoms. The van der Waals surface area contributed by atoms with E-state index in [0.717, 1.165) is 27.9 Å². The fourth-order valence-corrected chi connectivity index (χ4v) is 3.28. The Labute approximate surface area is 154 Å². The molecule has 7 heteroatoms. The van der Waals surface area contributed by atoms with Gasteiger partial charge in [0.05, 0.1) is 5.25 Å². The summed E-state index contributed by atoms with van der Waals surface area (Å²) in [5.41, 5.74) is 4.85. The lowest BCUT2D eigenvalue weighted by atomic mass is 10.0. The maximum Gasteiger partial charge on any atom is 0.214 e. The maximum absolute atomic E-state index is 11.9. The van der Waals surface area contributed by atoms with Crippen molar-refractivity contribution in [1.29, 1.82) is 0 Å². The Morgan fingerprint density at radius 3 is 2.31 bits per heavy atom. The van der Waals surface area contributed by atoms with E-state index >= 15 is 0 Å². The van der Waals surface area contributed by atoms with Crippen LogP contribution in [0.15, 0.2) is 55.0 Å². The molecule has 2 heterocycles. The summed E-state index contributed by atoms with van der Waals surface area (Å²) in [4.78, 5) is 4.05. The number of hydrogen-bond donors (Lipinski definition) is 1. The third-order valence-corrected chi connectivity index (χ3v) is 5.93. The Kier molecular flexibility index (Phi) is 5.20. The molecule has 1 aromatic carbocycles. The molecular formula is C19H22N4O2S. The average Bonchev–Trinajstić information content (AvgIpc) is 3.03. The summed E-state index contributed by atoms with van der Waals surface area (Å²) in [7, 11) is -1.38. The van der Waals surface area contributed by atoms with Crippen LogP contribution in [0.5, 0.6) is 0 Å². The van der Waals surface area contributed by atoms with Gasteiger partial charge in [0.25, 0.3) is 0 Å². The second kappa shape index (κ2) is 7.39. The zero-order chi connectivity index (χ0) is 18.7. The maximum atomic E-state index is 11.9. The molecule has 0 spiro atoms. The number of hydrogen-bond acceptors (Lipinski definition) is 4. The minimum atomic E-state index is -3.27. The molecule has 3 rings (SSSR count). The molecule has 136 valence electrons. The summed E-state index contributed by atoms with van der Waals surface area (Å²) in [5, 5.41) is 4.12. The quantitative estimate of drug-likeness (QED) is 0.724. The second-order valence-electron chi connectivity index (χ2n) is 6.41. The third kappa shape index (κ3) is 4.00. The summed E-state index contributed by atoms with van der Waals surface area (Å²) < 4.78 is 28.1. The number of aromatic nitrogens is 3. The first-order valence-corrected chi connectivity index (χ1v) is 9.93. The van der Waals surface area contributed by atoms with Crippen LogP contribution in [-0.4, -0.2) is 28.4 Å². The molecule has 0 saturated heterocycles. The van der Waals surface area contributed by atoms with E-state index in [1.165, 1.54) is 0 Å². The fourth-order valence-electron chi connectivity index (χ4n) is 2.58. The summed E-state index contributed by atoms with van der Waals surface area (Å²) in [5.74, 6) is 0. The number of aryl methyl sites for hydroxylation is 1. The van der Waals surface area contributed by atoms with Crippen LogP contribution >= 0.6 is 0 Å². The van der Waals surface area contributed by atoms with Gasteiger partial charge >= 0.3 is 0 Å². The molecule has 0 aliphatic heterocycles. The van der Waals surface area contributed by atoms with E-state index in [0.29, 0.717) is 0 Å². The van der Waals surface area contributed by atoms with Crippen LogP contribution in [0.3, 0.4) is 0 Å². The highest BCUT2D eigenvalue weighted by Gasteiger charge is 2.15. The number of rotatable bonds is 6. The van der Waals surface area contributed by atoms with Crippen molar-refractivity contribution in [3.63, 3.8) is 0 Å². The standard InChI is InChI=1S/C19H22N4O2S/c1-14(2)26(24,25)21-12-15-4-6-16(7-5-15)18-13-23(3)22-19(18)17-8-10-20-11-9-17/h4-11,13-14,21H,12H2,1-3H3. The van der Waals surface area contributed by atoms with Crippen molar-refractivity contribution < 1.29 is 8.42 Å². The zero-order valence-corrected chi connectivity index (χ0v) is 15.9. The Morgan fingerprint density at radius 1 is 1.04 bits per heavy atom. The Balaban J connectivity index is 1.84. The number of benzene rings is 1. The molecule has 0 unspecified atom stereocenters. The number of nitrogens with zero attached hydrogens (tertiary/aromatic N) is 3. The minimum Gasteiger partial charge on any atom is -0.275 e. The fraction of sp³-hybridized carbons (Fsp3) is 0.263. The molecule has 0 amide bonds. The normalized spacial score (nSPS) is 11.8. The van der Waals surface area contributed by atoms with Gasteiger partial charge in [0, 0.05) is 43.3 Å². The van der Waals surface area contributed by atoms with Crippen LogP contribution in [0.25, 0.3) is 22.4 Å². The van der Waals surface area contributed by atoms with Crippen molar-refractivity contribution in [3.05, 3.63) is 60.6 Å². The van der Waals surface area contributed by atoms with E-state index in [1.54, 1.807) is 30.9 Å². The lowest BCUT2D eigenvalue weighted by molar-refractivity contribution is 0.572. The molecule has 3 aromatic rings. The molecule has 0 saturated carbocycles. The van der Waals surface area contributed by atoms with Gasteiger partial charge in [0.2, 0.25) is 10.0 Å². The van der Waals surface area contributed by atoms with Crippen LogP contribution < -0.4 is 4.72 Å². The smallest absolute Gasteiger partial charge is 0.214 e.